The Labute approximate surface area is 110 Å². The van der Waals surface area contributed by atoms with Crippen LogP contribution in [0.3, 0.4) is 0 Å². The highest BCUT2D eigenvalue weighted by Gasteiger charge is 2.39. The van der Waals surface area contributed by atoms with Crippen LogP contribution in [0, 0.1) is 11.3 Å². The summed E-state index contributed by atoms with van der Waals surface area (Å²) in [7, 11) is 0. The summed E-state index contributed by atoms with van der Waals surface area (Å²) >= 11 is 0. The van der Waals surface area contributed by atoms with E-state index in [2.05, 4.69) is 11.1 Å². The first-order chi connectivity index (χ1) is 9.11. The van der Waals surface area contributed by atoms with Crippen molar-refractivity contribution in [1.82, 2.24) is 9.88 Å². The van der Waals surface area contributed by atoms with Crippen LogP contribution in [0.1, 0.15) is 28.9 Å². The van der Waals surface area contributed by atoms with Gasteiger partial charge in [0.25, 0.3) is 0 Å². The molecule has 1 amide bonds. The Morgan fingerprint density at radius 2 is 2.21 bits per heavy atom. The highest BCUT2D eigenvalue weighted by atomic mass is 16.4. The van der Waals surface area contributed by atoms with Gasteiger partial charge in [0, 0.05) is 24.8 Å². The molecule has 1 aliphatic rings. The Hall–Kier alpha value is -2.42. The van der Waals surface area contributed by atoms with Gasteiger partial charge in [0.1, 0.15) is 11.7 Å². The minimum absolute atomic E-state index is 0.301. The number of hydrogen-bond acceptors (Lipinski definition) is 4. The number of aromatic nitrogens is 1. The summed E-state index contributed by atoms with van der Waals surface area (Å²) in [4.78, 5) is 27.1. The molecule has 0 unspecified atom stereocenters. The molecule has 0 radical (unpaired) electrons. The molecular weight excluding hydrogens is 246 g/mol. The smallest absolute Gasteiger partial charge is 0.407 e. The number of rotatable bonds is 2. The molecule has 0 aliphatic carbocycles. The van der Waals surface area contributed by atoms with Crippen molar-refractivity contribution in [2.45, 2.75) is 18.3 Å². The Bertz CT molecular complexity index is 542. The number of carboxylic acid groups (broad SMARTS) is 1. The standard InChI is InChI=1S/C13H13N3O3/c14-9-13(2-5-16(6-3-13)12(18)19)11-7-10(8-17)1-4-15-11/h1,4,7-8H,2-3,5-6H2,(H,18,19). The second kappa shape index (κ2) is 5.06. The van der Waals surface area contributed by atoms with Crippen molar-refractivity contribution in [1.29, 1.82) is 5.26 Å². The van der Waals surface area contributed by atoms with Crippen LogP contribution in [0.4, 0.5) is 4.79 Å². The van der Waals surface area contributed by atoms with Gasteiger partial charge in [-0.2, -0.15) is 5.26 Å². The lowest BCUT2D eigenvalue weighted by atomic mass is 9.76. The van der Waals surface area contributed by atoms with Gasteiger partial charge in [-0.05, 0) is 25.0 Å². The van der Waals surface area contributed by atoms with E-state index in [0.717, 1.165) is 0 Å². The Morgan fingerprint density at radius 1 is 1.53 bits per heavy atom. The van der Waals surface area contributed by atoms with Crippen molar-refractivity contribution in [2.24, 2.45) is 0 Å². The molecule has 0 bridgehead atoms. The van der Waals surface area contributed by atoms with E-state index in [1.807, 2.05) is 0 Å². The van der Waals surface area contributed by atoms with Gasteiger partial charge in [0.15, 0.2) is 0 Å². The maximum Gasteiger partial charge on any atom is 0.407 e. The van der Waals surface area contributed by atoms with E-state index in [1.165, 1.54) is 11.1 Å². The molecule has 19 heavy (non-hydrogen) atoms. The molecule has 0 atom stereocenters. The molecule has 1 aromatic rings. The van der Waals surface area contributed by atoms with E-state index >= 15 is 0 Å². The number of pyridine rings is 1. The van der Waals surface area contributed by atoms with Gasteiger partial charge in [0.05, 0.1) is 11.8 Å². The third kappa shape index (κ3) is 2.40. The van der Waals surface area contributed by atoms with Gasteiger partial charge >= 0.3 is 6.09 Å². The molecule has 1 aromatic heterocycles. The number of hydrogen-bond donors (Lipinski definition) is 1. The fourth-order valence-electron chi connectivity index (χ4n) is 2.29. The van der Waals surface area contributed by atoms with E-state index in [4.69, 9.17) is 5.11 Å². The summed E-state index contributed by atoms with van der Waals surface area (Å²) in [5, 5.41) is 18.4. The zero-order chi connectivity index (χ0) is 13.9. The van der Waals surface area contributed by atoms with E-state index < -0.39 is 11.5 Å². The van der Waals surface area contributed by atoms with Crippen LogP contribution < -0.4 is 0 Å². The maximum atomic E-state index is 10.9. The Morgan fingerprint density at radius 3 is 2.74 bits per heavy atom. The number of aldehydes is 1. The van der Waals surface area contributed by atoms with E-state index in [-0.39, 0.29) is 0 Å². The number of likely N-dealkylation sites (tertiary alicyclic amines) is 1. The van der Waals surface area contributed by atoms with Crippen LogP contribution in [0.25, 0.3) is 0 Å². The zero-order valence-electron chi connectivity index (χ0n) is 10.2. The van der Waals surface area contributed by atoms with E-state index in [0.29, 0.717) is 43.5 Å². The number of nitrogens with zero attached hydrogens (tertiary/aromatic N) is 3. The monoisotopic (exact) mass is 259 g/mol. The minimum Gasteiger partial charge on any atom is -0.465 e. The first-order valence-corrected chi connectivity index (χ1v) is 5.92. The highest BCUT2D eigenvalue weighted by molar-refractivity contribution is 5.74. The molecule has 6 heteroatoms. The number of piperidine rings is 1. The van der Waals surface area contributed by atoms with E-state index in [9.17, 15) is 14.9 Å². The van der Waals surface area contributed by atoms with Crippen molar-refractivity contribution in [3.63, 3.8) is 0 Å². The summed E-state index contributed by atoms with van der Waals surface area (Å²) in [5.41, 5.74) is 0.218. The fourth-order valence-corrected chi connectivity index (χ4v) is 2.29. The number of amides is 1. The summed E-state index contributed by atoms with van der Waals surface area (Å²) in [5.74, 6) is 0. The normalized spacial score (nSPS) is 17.5. The van der Waals surface area contributed by atoms with Gasteiger partial charge in [-0.15, -0.1) is 0 Å². The molecule has 0 aromatic carbocycles. The summed E-state index contributed by atoms with van der Waals surface area (Å²) in [6.45, 7) is 0.603. The first kappa shape index (κ1) is 13.0. The van der Waals surface area contributed by atoms with Gasteiger partial charge < -0.3 is 10.0 Å². The molecule has 2 heterocycles. The van der Waals surface area contributed by atoms with Gasteiger partial charge in [0.2, 0.25) is 0 Å². The van der Waals surface area contributed by atoms with Gasteiger partial charge in [-0.25, -0.2) is 4.79 Å². The lowest BCUT2D eigenvalue weighted by molar-refractivity contribution is 0.112. The maximum absolute atomic E-state index is 10.9. The number of carbonyl (C=O) groups excluding carboxylic acids is 1. The van der Waals surface area contributed by atoms with E-state index in [1.54, 1.807) is 12.1 Å². The van der Waals surface area contributed by atoms with Crippen molar-refractivity contribution >= 4 is 12.4 Å². The molecule has 1 fully saturated rings. The molecular formula is C13H13N3O3. The summed E-state index contributed by atoms with van der Waals surface area (Å²) < 4.78 is 0. The van der Waals surface area contributed by atoms with Crippen LogP contribution in [-0.4, -0.2) is 40.5 Å². The quantitative estimate of drug-likeness (QED) is 0.811. The predicted octanol–water partition coefficient (Wildman–Crippen LogP) is 1.43. The number of nitriles is 1. The highest BCUT2D eigenvalue weighted by Crippen LogP contribution is 2.33. The summed E-state index contributed by atoms with van der Waals surface area (Å²) in [6.07, 6.45) is 2.03. The topological polar surface area (TPSA) is 94.3 Å². The summed E-state index contributed by atoms with van der Waals surface area (Å²) in [6, 6.07) is 5.43. The molecule has 0 saturated carbocycles. The van der Waals surface area contributed by atoms with Crippen LogP contribution in [-0.2, 0) is 5.41 Å². The first-order valence-electron chi connectivity index (χ1n) is 5.92. The van der Waals surface area contributed by atoms with Crippen molar-refractivity contribution in [2.75, 3.05) is 13.1 Å². The molecule has 6 nitrogen and oxygen atoms in total. The molecule has 1 aliphatic heterocycles. The lowest BCUT2D eigenvalue weighted by Crippen LogP contribution is -2.44. The average Bonchev–Trinajstić information content (AvgIpc) is 2.47. The largest absolute Gasteiger partial charge is 0.465 e. The van der Waals surface area contributed by atoms with Crippen LogP contribution >= 0.6 is 0 Å². The Kier molecular flexibility index (Phi) is 3.47. The lowest BCUT2D eigenvalue weighted by Gasteiger charge is -2.35. The predicted molar refractivity (Wildman–Crippen MR) is 65.7 cm³/mol. The number of carbonyl (C=O) groups is 2. The fraction of sp³-hybridized carbons (Fsp3) is 0.385. The van der Waals surface area contributed by atoms with Gasteiger partial charge in [-0.1, -0.05) is 0 Å². The zero-order valence-corrected chi connectivity index (χ0v) is 10.2. The second-order valence-electron chi connectivity index (χ2n) is 4.56. The molecule has 1 N–H and O–H groups in total. The van der Waals surface area contributed by atoms with Crippen molar-refractivity contribution in [3.8, 4) is 6.07 Å². The van der Waals surface area contributed by atoms with Gasteiger partial charge in [-0.3, -0.25) is 9.78 Å². The average molecular weight is 259 g/mol. The van der Waals surface area contributed by atoms with Crippen LogP contribution in [0.5, 0.6) is 0 Å². The third-order valence-corrected chi connectivity index (χ3v) is 3.51. The molecule has 98 valence electrons. The second-order valence-corrected chi connectivity index (χ2v) is 4.56. The van der Waals surface area contributed by atoms with Crippen molar-refractivity contribution in [3.05, 3.63) is 29.6 Å². The van der Waals surface area contributed by atoms with Crippen LogP contribution in [0.2, 0.25) is 0 Å². The van der Waals surface area contributed by atoms with Crippen LogP contribution in [0.15, 0.2) is 18.3 Å². The van der Waals surface area contributed by atoms with Crippen molar-refractivity contribution < 1.29 is 14.7 Å². The third-order valence-electron chi connectivity index (χ3n) is 3.51. The molecule has 2 rings (SSSR count). The minimum atomic E-state index is -0.971. The molecule has 1 saturated heterocycles. The SMILES string of the molecule is N#CC1(c2cc(C=O)ccn2)CCN(C(=O)O)CC1. The molecule has 0 spiro atoms. The Balaban J connectivity index is 2.27.